The van der Waals surface area contributed by atoms with E-state index in [1.165, 1.54) is 0 Å². The van der Waals surface area contributed by atoms with E-state index in [0.29, 0.717) is 31.7 Å². The third-order valence-corrected chi connectivity index (χ3v) is 4.10. The van der Waals surface area contributed by atoms with Crippen molar-refractivity contribution in [1.29, 1.82) is 0 Å². The molecule has 0 heterocycles. The Morgan fingerprint density at radius 3 is 2.14 bits per heavy atom. The Morgan fingerprint density at radius 1 is 1.19 bits per heavy atom. The number of carbonyl (C=O) groups excluding carboxylic acids is 1. The zero-order valence-corrected chi connectivity index (χ0v) is 14.2. The first kappa shape index (κ1) is 19.9. The average Bonchev–Trinajstić information content (AvgIpc) is 2.32. The SMILES string of the molecule is CCCC(C)(NC(=O)CCC(CCN)C(C)(C)C)C(=O)O. The van der Waals surface area contributed by atoms with Crippen LogP contribution in [0.15, 0.2) is 0 Å². The van der Waals surface area contributed by atoms with E-state index in [0.717, 1.165) is 12.8 Å². The zero-order valence-electron chi connectivity index (χ0n) is 14.2. The van der Waals surface area contributed by atoms with Gasteiger partial charge in [-0.15, -0.1) is 0 Å². The summed E-state index contributed by atoms with van der Waals surface area (Å²) in [4.78, 5) is 23.4. The Kier molecular flexibility index (Phi) is 7.93. The fourth-order valence-electron chi connectivity index (χ4n) is 2.61. The minimum absolute atomic E-state index is 0.0964. The van der Waals surface area contributed by atoms with E-state index in [2.05, 4.69) is 26.1 Å². The first-order chi connectivity index (χ1) is 9.56. The summed E-state index contributed by atoms with van der Waals surface area (Å²) in [7, 11) is 0. The Balaban J connectivity index is 4.58. The van der Waals surface area contributed by atoms with Crippen LogP contribution in [0.25, 0.3) is 0 Å². The van der Waals surface area contributed by atoms with Gasteiger partial charge >= 0.3 is 5.97 Å². The van der Waals surface area contributed by atoms with Gasteiger partial charge in [0.05, 0.1) is 0 Å². The van der Waals surface area contributed by atoms with E-state index in [-0.39, 0.29) is 11.3 Å². The molecule has 0 spiro atoms. The van der Waals surface area contributed by atoms with E-state index in [9.17, 15) is 14.7 Å². The molecule has 0 aliphatic heterocycles. The van der Waals surface area contributed by atoms with Crippen molar-refractivity contribution in [3.63, 3.8) is 0 Å². The van der Waals surface area contributed by atoms with Crippen molar-refractivity contribution in [1.82, 2.24) is 5.32 Å². The molecule has 5 nitrogen and oxygen atoms in total. The van der Waals surface area contributed by atoms with Gasteiger partial charge in [-0.25, -0.2) is 4.79 Å². The van der Waals surface area contributed by atoms with Crippen LogP contribution in [0.3, 0.4) is 0 Å². The molecule has 0 radical (unpaired) electrons. The molecule has 0 fully saturated rings. The molecule has 124 valence electrons. The maximum absolute atomic E-state index is 12.1. The predicted molar refractivity (Wildman–Crippen MR) is 84.9 cm³/mol. The number of carboxylic acid groups (broad SMARTS) is 1. The molecule has 0 rings (SSSR count). The van der Waals surface area contributed by atoms with Crippen molar-refractivity contribution in [3.8, 4) is 0 Å². The van der Waals surface area contributed by atoms with Crippen molar-refractivity contribution in [2.24, 2.45) is 17.1 Å². The van der Waals surface area contributed by atoms with Gasteiger partial charge in [-0.1, -0.05) is 34.1 Å². The predicted octanol–water partition coefficient (Wildman–Crippen LogP) is 2.54. The van der Waals surface area contributed by atoms with Crippen LogP contribution >= 0.6 is 0 Å². The van der Waals surface area contributed by atoms with Crippen LogP contribution in [0.4, 0.5) is 0 Å². The summed E-state index contributed by atoms with van der Waals surface area (Å²) in [5.74, 6) is -0.817. The molecule has 0 saturated heterocycles. The van der Waals surface area contributed by atoms with Gasteiger partial charge in [-0.2, -0.15) is 0 Å². The number of carbonyl (C=O) groups is 2. The van der Waals surface area contributed by atoms with Crippen molar-refractivity contribution < 1.29 is 14.7 Å². The molecule has 0 aliphatic rings. The van der Waals surface area contributed by atoms with Crippen molar-refractivity contribution in [3.05, 3.63) is 0 Å². The molecule has 0 bridgehead atoms. The largest absolute Gasteiger partial charge is 0.480 e. The molecule has 4 N–H and O–H groups in total. The lowest BCUT2D eigenvalue weighted by Gasteiger charge is -2.31. The molecule has 21 heavy (non-hydrogen) atoms. The van der Waals surface area contributed by atoms with Gasteiger partial charge in [-0.3, -0.25) is 4.79 Å². The highest BCUT2D eigenvalue weighted by Gasteiger charge is 2.34. The lowest BCUT2D eigenvalue weighted by Crippen LogP contribution is -2.52. The molecule has 2 unspecified atom stereocenters. The summed E-state index contributed by atoms with van der Waals surface area (Å²) in [6.07, 6.45) is 3.09. The van der Waals surface area contributed by atoms with Crippen molar-refractivity contribution in [2.45, 2.75) is 72.3 Å². The van der Waals surface area contributed by atoms with Crippen LogP contribution in [0, 0.1) is 11.3 Å². The van der Waals surface area contributed by atoms with Crippen LogP contribution in [-0.2, 0) is 9.59 Å². The highest BCUT2D eigenvalue weighted by Crippen LogP contribution is 2.32. The molecule has 0 aromatic rings. The second-order valence-corrected chi connectivity index (χ2v) is 7.11. The van der Waals surface area contributed by atoms with E-state index >= 15 is 0 Å². The smallest absolute Gasteiger partial charge is 0.329 e. The highest BCUT2D eigenvalue weighted by atomic mass is 16.4. The van der Waals surface area contributed by atoms with Crippen LogP contribution in [0.1, 0.15) is 66.7 Å². The van der Waals surface area contributed by atoms with Gasteiger partial charge in [0.15, 0.2) is 0 Å². The molecule has 5 heteroatoms. The lowest BCUT2D eigenvalue weighted by atomic mass is 9.76. The number of amides is 1. The lowest BCUT2D eigenvalue weighted by molar-refractivity contribution is -0.147. The second-order valence-electron chi connectivity index (χ2n) is 7.11. The molecule has 0 saturated carbocycles. The van der Waals surface area contributed by atoms with E-state index < -0.39 is 11.5 Å². The molecule has 1 amide bonds. The monoisotopic (exact) mass is 300 g/mol. The third-order valence-electron chi connectivity index (χ3n) is 4.10. The number of nitrogens with two attached hydrogens (primary N) is 1. The minimum Gasteiger partial charge on any atom is -0.480 e. The number of hydrogen-bond donors (Lipinski definition) is 3. The van der Waals surface area contributed by atoms with E-state index in [1.807, 2.05) is 6.92 Å². The number of carboxylic acids is 1. The molecule has 2 atom stereocenters. The first-order valence-corrected chi connectivity index (χ1v) is 7.81. The molecular weight excluding hydrogens is 268 g/mol. The Morgan fingerprint density at radius 2 is 1.76 bits per heavy atom. The number of rotatable bonds is 9. The normalized spacial score (nSPS) is 16.1. The summed E-state index contributed by atoms with van der Waals surface area (Å²) < 4.78 is 0. The Bertz CT molecular complexity index is 350. The standard InChI is InChI=1S/C16H32N2O3/c1-6-10-16(5,14(20)21)18-13(19)8-7-12(9-11-17)15(2,3)4/h12H,6-11,17H2,1-5H3,(H,18,19)(H,20,21). The molecular formula is C16H32N2O3. The summed E-state index contributed by atoms with van der Waals surface area (Å²) in [6.45, 7) is 10.5. The summed E-state index contributed by atoms with van der Waals surface area (Å²) >= 11 is 0. The van der Waals surface area contributed by atoms with Gasteiger partial charge in [0, 0.05) is 6.42 Å². The fraction of sp³-hybridized carbons (Fsp3) is 0.875. The Labute approximate surface area is 128 Å². The van der Waals surface area contributed by atoms with Gasteiger partial charge in [0.25, 0.3) is 0 Å². The quantitative estimate of drug-likeness (QED) is 0.610. The number of nitrogens with one attached hydrogen (secondary N) is 1. The van der Waals surface area contributed by atoms with Gasteiger partial charge in [-0.05, 0) is 44.1 Å². The van der Waals surface area contributed by atoms with Crippen molar-refractivity contribution >= 4 is 11.9 Å². The maximum Gasteiger partial charge on any atom is 0.329 e. The Hall–Kier alpha value is -1.10. The fourth-order valence-corrected chi connectivity index (χ4v) is 2.61. The van der Waals surface area contributed by atoms with Crippen LogP contribution in [-0.4, -0.2) is 29.1 Å². The van der Waals surface area contributed by atoms with Crippen LogP contribution < -0.4 is 11.1 Å². The van der Waals surface area contributed by atoms with E-state index in [1.54, 1.807) is 6.92 Å². The molecule has 0 aliphatic carbocycles. The first-order valence-electron chi connectivity index (χ1n) is 7.81. The maximum atomic E-state index is 12.1. The second kappa shape index (κ2) is 8.37. The number of hydrogen-bond acceptors (Lipinski definition) is 3. The summed E-state index contributed by atoms with van der Waals surface area (Å²) in [5.41, 5.74) is 4.56. The van der Waals surface area contributed by atoms with Gasteiger partial charge in [0.2, 0.25) is 5.91 Å². The van der Waals surface area contributed by atoms with Gasteiger partial charge < -0.3 is 16.2 Å². The third kappa shape index (κ3) is 6.93. The summed E-state index contributed by atoms with van der Waals surface area (Å²) in [5, 5.41) is 11.9. The highest BCUT2D eigenvalue weighted by molar-refractivity contribution is 5.86. The topological polar surface area (TPSA) is 92.4 Å². The average molecular weight is 300 g/mol. The van der Waals surface area contributed by atoms with Gasteiger partial charge in [0.1, 0.15) is 5.54 Å². The summed E-state index contributed by atoms with van der Waals surface area (Å²) in [6, 6.07) is 0. The van der Waals surface area contributed by atoms with Crippen LogP contribution in [0.5, 0.6) is 0 Å². The van der Waals surface area contributed by atoms with Crippen molar-refractivity contribution in [2.75, 3.05) is 6.54 Å². The van der Waals surface area contributed by atoms with E-state index in [4.69, 9.17) is 5.73 Å². The minimum atomic E-state index is -1.17. The molecule has 0 aromatic heterocycles. The zero-order chi connectivity index (χ0) is 16.7. The number of aliphatic carboxylic acids is 1. The molecule has 0 aromatic carbocycles. The van der Waals surface area contributed by atoms with Crippen LogP contribution in [0.2, 0.25) is 0 Å².